The molecule has 1 aromatic carbocycles. The van der Waals surface area contributed by atoms with Gasteiger partial charge in [-0.1, -0.05) is 0 Å². The van der Waals surface area contributed by atoms with Gasteiger partial charge in [0, 0.05) is 19.7 Å². The van der Waals surface area contributed by atoms with Gasteiger partial charge in [0.25, 0.3) is 11.4 Å². The third-order valence-electron chi connectivity index (χ3n) is 2.47. The van der Waals surface area contributed by atoms with Crippen molar-refractivity contribution in [2.75, 3.05) is 25.1 Å². The lowest BCUT2D eigenvalue weighted by Crippen LogP contribution is -2.31. The van der Waals surface area contributed by atoms with Gasteiger partial charge in [-0.05, 0) is 6.07 Å². The number of hydrogen-bond donors (Lipinski definition) is 2. The molecule has 0 fully saturated rings. The van der Waals surface area contributed by atoms with Crippen LogP contribution in [0.3, 0.4) is 0 Å². The van der Waals surface area contributed by atoms with Crippen molar-refractivity contribution in [3.63, 3.8) is 0 Å². The highest BCUT2D eigenvalue weighted by atomic mass is 16.6. The number of aliphatic hydroxyl groups excluding tert-OH is 2. The van der Waals surface area contributed by atoms with E-state index in [2.05, 4.69) is 0 Å². The summed E-state index contributed by atoms with van der Waals surface area (Å²) < 4.78 is 0. The molecule has 0 heterocycles. The Morgan fingerprint density at radius 1 is 1.32 bits per heavy atom. The molecule has 104 valence electrons. The maximum Gasteiger partial charge on any atom is 0.299 e. The standard InChI is InChI=1S/C10H13N3O6/c1-11(5-8(15)6-14)9-3-2-7(12(16)17)4-10(9)13(18)19/h2-4,8,14-15H,5-6H2,1H3. The Labute approximate surface area is 108 Å². The second kappa shape index (κ2) is 6.07. The predicted octanol–water partition coefficient (Wildman–Crippen LogP) is 0.292. The summed E-state index contributed by atoms with van der Waals surface area (Å²) in [5, 5.41) is 39.5. The number of aliphatic hydroxyl groups is 2. The van der Waals surface area contributed by atoms with Gasteiger partial charge in [-0.15, -0.1) is 0 Å². The fourth-order valence-corrected chi connectivity index (χ4v) is 1.57. The van der Waals surface area contributed by atoms with Gasteiger partial charge in [0.05, 0.1) is 28.6 Å². The van der Waals surface area contributed by atoms with Crippen LogP contribution in [0.15, 0.2) is 18.2 Å². The second-order valence-corrected chi connectivity index (χ2v) is 3.90. The zero-order chi connectivity index (χ0) is 14.6. The summed E-state index contributed by atoms with van der Waals surface area (Å²) in [4.78, 5) is 21.4. The highest BCUT2D eigenvalue weighted by Gasteiger charge is 2.22. The van der Waals surface area contributed by atoms with E-state index in [0.717, 1.165) is 12.1 Å². The number of rotatable bonds is 6. The molecule has 0 aliphatic heterocycles. The monoisotopic (exact) mass is 271 g/mol. The van der Waals surface area contributed by atoms with Gasteiger partial charge in [0.2, 0.25) is 0 Å². The van der Waals surface area contributed by atoms with E-state index in [1.165, 1.54) is 18.0 Å². The number of nitrogens with zero attached hydrogens (tertiary/aromatic N) is 3. The maximum absolute atomic E-state index is 10.9. The Morgan fingerprint density at radius 2 is 1.95 bits per heavy atom. The minimum atomic E-state index is -1.06. The van der Waals surface area contributed by atoms with Crippen molar-refractivity contribution in [3.8, 4) is 0 Å². The first kappa shape index (κ1) is 14.8. The quantitative estimate of drug-likeness (QED) is 0.561. The Hall–Kier alpha value is -2.26. The second-order valence-electron chi connectivity index (χ2n) is 3.90. The van der Waals surface area contributed by atoms with Crippen molar-refractivity contribution in [2.45, 2.75) is 6.10 Å². The molecule has 1 unspecified atom stereocenters. The van der Waals surface area contributed by atoms with Crippen LogP contribution in [0.2, 0.25) is 0 Å². The molecule has 0 radical (unpaired) electrons. The fraction of sp³-hybridized carbons (Fsp3) is 0.400. The van der Waals surface area contributed by atoms with E-state index in [4.69, 9.17) is 5.11 Å². The summed E-state index contributed by atoms with van der Waals surface area (Å²) >= 11 is 0. The maximum atomic E-state index is 10.9. The Balaban J connectivity index is 3.12. The number of likely N-dealkylation sites (N-methyl/N-ethyl adjacent to an activating group) is 1. The molecule has 0 aromatic heterocycles. The molecule has 19 heavy (non-hydrogen) atoms. The van der Waals surface area contributed by atoms with E-state index < -0.39 is 28.2 Å². The molecule has 0 spiro atoms. The van der Waals surface area contributed by atoms with Gasteiger partial charge in [-0.2, -0.15) is 0 Å². The Kier molecular flexibility index (Phi) is 4.73. The molecule has 0 saturated carbocycles. The lowest BCUT2D eigenvalue weighted by molar-refractivity contribution is -0.393. The van der Waals surface area contributed by atoms with Crippen LogP contribution in [-0.2, 0) is 0 Å². The number of anilines is 1. The minimum Gasteiger partial charge on any atom is -0.394 e. The molecular formula is C10H13N3O6. The molecule has 0 aliphatic carbocycles. The first-order chi connectivity index (χ1) is 8.86. The number of non-ortho nitro benzene ring substituents is 1. The van der Waals surface area contributed by atoms with Crippen LogP contribution in [-0.4, -0.2) is 46.4 Å². The van der Waals surface area contributed by atoms with Crippen LogP contribution < -0.4 is 4.90 Å². The fourth-order valence-electron chi connectivity index (χ4n) is 1.57. The summed E-state index contributed by atoms with van der Waals surface area (Å²) in [6, 6.07) is 3.24. The first-order valence-corrected chi connectivity index (χ1v) is 5.29. The molecule has 0 bridgehead atoms. The molecule has 9 heteroatoms. The molecule has 0 amide bonds. The third-order valence-corrected chi connectivity index (χ3v) is 2.47. The van der Waals surface area contributed by atoms with Crippen LogP contribution in [0.25, 0.3) is 0 Å². The van der Waals surface area contributed by atoms with E-state index in [-0.39, 0.29) is 17.9 Å². The van der Waals surface area contributed by atoms with Gasteiger partial charge in [0.1, 0.15) is 5.69 Å². The Bertz CT molecular complexity index is 492. The van der Waals surface area contributed by atoms with E-state index in [1.807, 2.05) is 0 Å². The van der Waals surface area contributed by atoms with Crippen LogP contribution >= 0.6 is 0 Å². The number of benzene rings is 1. The third kappa shape index (κ3) is 3.60. The Morgan fingerprint density at radius 3 is 2.42 bits per heavy atom. The van der Waals surface area contributed by atoms with E-state index in [9.17, 15) is 25.3 Å². The van der Waals surface area contributed by atoms with Crippen LogP contribution in [0.1, 0.15) is 0 Å². The smallest absolute Gasteiger partial charge is 0.299 e. The number of nitro benzene ring substituents is 2. The molecule has 2 N–H and O–H groups in total. The summed E-state index contributed by atoms with van der Waals surface area (Å²) in [5.74, 6) is 0. The molecule has 0 aliphatic rings. The van der Waals surface area contributed by atoms with Gasteiger partial charge < -0.3 is 15.1 Å². The van der Waals surface area contributed by atoms with Crippen molar-refractivity contribution in [3.05, 3.63) is 38.4 Å². The molecular weight excluding hydrogens is 258 g/mol. The lowest BCUT2D eigenvalue weighted by Gasteiger charge is -2.21. The summed E-state index contributed by atoms with van der Waals surface area (Å²) in [6.07, 6.45) is -1.06. The lowest BCUT2D eigenvalue weighted by atomic mass is 10.2. The van der Waals surface area contributed by atoms with E-state index >= 15 is 0 Å². The van der Waals surface area contributed by atoms with Crippen molar-refractivity contribution in [1.82, 2.24) is 0 Å². The van der Waals surface area contributed by atoms with Crippen LogP contribution in [0.4, 0.5) is 17.1 Å². The van der Waals surface area contributed by atoms with Gasteiger partial charge in [-0.25, -0.2) is 0 Å². The molecule has 1 aromatic rings. The van der Waals surface area contributed by atoms with Crippen LogP contribution in [0.5, 0.6) is 0 Å². The largest absolute Gasteiger partial charge is 0.394 e. The summed E-state index contributed by atoms with van der Waals surface area (Å²) in [5.41, 5.74) is -0.684. The first-order valence-electron chi connectivity index (χ1n) is 5.29. The van der Waals surface area contributed by atoms with E-state index in [1.54, 1.807) is 0 Å². The molecule has 9 nitrogen and oxygen atoms in total. The summed E-state index contributed by atoms with van der Waals surface area (Å²) in [7, 11) is 1.48. The van der Waals surface area contributed by atoms with Crippen molar-refractivity contribution in [2.24, 2.45) is 0 Å². The predicted molar refractivity (Wildman–Crippen MR) is 66.1 cm³/mol. The van der Waals surface area contributed by atoms with E-state index in [0.29, 0.717) is 0 Å². The van der Waals surface area contributed by atoms with Gasteiger partial charge in [-0.3, -0.25) is 20.2 Å². The normalized spacial score (nSPS) is 11.9. The van der Waals surface area contributed by atoms with Crippen LogP contribution in [0, 0.1) is 20.2 Å². The summed E-state index contributed by atoms with van der Waals surface area (Å²) in [6.45, 7) is -0.514. The van der Waals surface area contributed by atoms with Crippen molar-refractivity contribution < 1.29 is 20.1 Å². The van der Waals surface area contributed by atoms with Gasteiger partial charge >= 0.3 is 0 Å². The topological polar surface area (TPSA) is 130 Å². The number of nitro groups is 2. The average molecular weight is 271 g/mol. The molecule has 0 saturated heterocycles. The van der Waals surface area contributed by atoms with Crippen molar-refractivity contribution >= 4 is 17.1 Å². The van der Waals surface area contributed by atoms with Crippen molar-refractivity contribution in [1.29, 1.82) is 0 Å². The minimum absolute atomic E-state index is 0.0326. The highest BCUT2D eigenvalue weighted by molar-refractivity contribution is 5.66. The average Bonchev–Trinajstić information content (AvgIpc) is 2.37. The van der Waals surface area contributed by atoms with Gasteiger partial charge in [0.15, 0.2) is 0 Å². The SMILES string of the molecule is CN(CC(O)CO)c1ccc([N+](=O)[O-])cc1[N+](=O)[O-]. The molecule has 1 rings (SSSR count). The molecule has 1 atom stereocenters. The number of hydrogen-bond acceptors (Lipinski definition) is 7. The zero-order valence-corrected chi connectivity index (χ0v) is 10.1. The highest BCUT2D eigenvalue weighted by Crippen LogP contribution is 2.31. The zero-order valence-electron chi connectivity index (χ0n) is 10.1.